The van der Waals surface area contributed by atoms with Crippen LogP contribution in [0.4, 0.5) is 15.8 Å². The SMILES string of the molecule is Cc1nc(Cl)ccc1NC(=O)c1ccc(F)cc1[N+](=O)[O-]. The van der Waals surface area contributed by atoms with E-state index in [2.05, 4.69) is 10.3 Å². The minimum Gasteiger partial charge on any atom is -0.320 e. The summed E-state index contributed by atoms with van der Waals surface area (Å²) in [5, 5.41) is 13.6. The monoisotopic (exact) mass is 309 g/mol. The molecule has 1 amide bonds. The Bertz CT molecular complexity index is 737. The number of amides is 1. The first-order valence-electron chi connectivity index (χ1n) is 5.77. The van der Waals surface area contributed by atoms with Crippen molar-refractivity contribution in [2.75, 3.05) is 5.32 Å². The molecule has 1 aromatic carbocycles. The normalized spacial score (nSPS) is 10.2. The Morgan fingerprint density at radius 3 is 2.71 bits per heavy atom. The Morgan fingerprint density at radius 1 is 1.38 bits per heavy atom. The molecule has 0 unspecified atom stereocenters. The van der Waals surface area contributed by atoms with E-state index in [1.54, 1.807) is 6.92 Å². The molecule has 0 fully saturated rings. The number of nitro benzene ring substituents is 1. The van der Waals surface area contributed by atoms with Crippen molar-refractivity contribution in [1.29, 1.82) is 0 Å². The standard InChI is InChI=1S/C13H9ClFN3O3/c1-7-10(4-5-12(14)16-7)17-13(19)9-3-2-8(15)6-11(9)18(20)21/h2-6H,1H3,(H,17,19). The number of carbonyl (C=O) groups excluding carboxylic acids is 1. The smallest absolute Gasteiger partial charge is 0.285 e. The summed E-state index contributed by atoms with van der Waals surface area (Å²) in [7, 11) is 0. The number of hydrogen-bond acceptors (Lipinski definition) is 4. The van der Waals surface area contributed by atoms with Gasteiger partial charge in [0.1, 0.15) is 16.5 Å². The van der Waals surface area contributed by atoms with Crippen LogP contribution in [-0.4, -0.2) is 15.8 Å². The van der Waals surface area contributed by atoms with E-state index in [1.807, 2.05) is 0 Å². The number of aromatic nitrogens is 1. The zero-order chi connectivity index (χ0) is 15.6. The highest BCUT2D eigenvalue weighted by molar-refractivity contribution is 6.29. The number of benzene rings is 1. The number of rotatable bonds is 3. The van der Waals surface area contributed by atoms with Crippen molar-refractivity contribution in [2.24, 2.45) is 0 Å². The quantitative estimate of drug-likeness (QED) is 0.535. The molecule has 2 rings (SSSR count). The third-order valence-corrected chi connectivity index (χ3v) is 2.91. The first kappa shape index (κ1) is 14.9. The average molecular weight is 310 g/mol. The summed E-state index contributed by atoms with van der Waals surface area (Å²) in [6.07, 6.45) is 0. The van der Waals surface area contributed by atoms with Gasteiger partial charge in [-0.3, -0.25) is 14.9 Å². The molecular weight excluding hydrogens is 301 g/mol. The maximum atomic E-state index is 13.0. The Balaban J connectivity index is 2.34. The number of nitrogens with zero attached hydrogens (tertiary/aromatic N) is 2. The molecule has 1 N–H and O–H groups in total. The van der Waals surface area contributed by atoms with Crippen LogP contribution in [0.3, 0.4) is 0 Å². The van der Waals surface area contributed by atoms with Gasteiger partial charge >= 0.3 is 0 Å². The van der Waals surface area contributed by atoms with Crippen molar-refractivity contribution in [3.63, 3.8) is 0 Å². The highest BCUT2D eigenvalue weighted by Gasteiger charge is 2.21. The van der Waals surface area contributed by atoms with E-state index in [9.17, 15) is 19.3 Å². The number of nitrogens with one attached hydrogen (secondary N) is 1. The van der Waals surface area contributed by atoms with Crippen LogP contribution in [0.15, 0.2) is 30.3 Å². The van der Waals surface area contributed by atoms with Gasteiger partial charge < -0.3 is 5.32 Å². The minimum absolute atomic E-state index is 0.240. The van der Waals surface area contributed by atoms with Gasteiger partial charge in [-0.25, -0.2) is 9.37 Å². The van der Waals surface area contributed by atoms with E-state index in [-0.39, 0.29) is 10.7 Å². The van der Waals surface area contributed by atoms with E-state index in [0.29, 0.717) is 17.4 Å². The molecule has 1 aromatic heterocycles. The van der Waals surface area contributed by atoms with E-state index >= 15 is 0 Å². The summed E-state index contributed by atoms with van der Waals surface area (Å²) in [5.74, 6) is -1.52. The van der Waals surface area contributed by atoms with Gasteiger partial charge in [-0.1, -0.05) is 11.6 Å². The fourth-order valence-electron chi connectivity index (χ4n) is 1.70. The molecule has 2 aromatic rings. The fourth-order valence-corrected chi connectivity index (χ4v) is 1.89. The highest BCUT2D eigenvalue weighted by Crippen LogP contribution is 2.22. The third kappa shape index (κ3) is 3.32. The van der Waals surface area contributed by atoms with E-state index in [0.717, 1.165) is 12.1 Å². The number of nitro groups is 1. The summed E-state index contributed by atoms with van der Waals surface area (Å²) in [4.78, 5) is 26.1. The van der Waals surface area contributed by atoms with Gasteiger partial charge in [-0.05, 0) is 31.2 Å². The molecule has 8 heteroatoms. The number of carbonyl (C=O) groups is 1. The van der Waals surface area contributed by atoms with Gasteiger partial charge in [0.05, 0.1) is 22.4 Å². The predicted molar refractivity (Wildman–Crippen MR) is 75.0 cm³/mol. The Kier molecular flexibility index (Phi) is 4.13. The van der Waals surface area contributed by atoms with Crippen LogP contribution in [0.1, 0.15) is 16.1 Å². The number of anilines is 1. The van der Waals surface area contributed by atoms with Gasteiger partial charge in [-0.15, -0.1) is 0 Å². The Labute approximate surface area is 123 Å². The molecule has 0 spiro atoms. The first-order chi connectivity index (χ1) is 9.88. The zero-order valence-corrected chi connectivity index (χ0v) is 11.5. The van der Waals surface area contributed by atoms with E-state index < -0.39 is 22.3 Å². The first-order valence-corrected chi connectivity index (χ1v) is 6.14. The molecule has 0 aliphatic carbocycles. The third-order valence-electron chi connectivity index (χ3n) is 2.70. The second-order valence-electron chi connectivity index (χ2n) is 4.14. The molecule has 21 heavy (non-hydrogen) atoms. The number of hydrogen-bond donors (Lipinski definition) is 1. The lowest BCUT2D eigenvalue weighted by molar-refractivity contribution is -0.385. The molecule has 0 radical (unpaired) electrons. The predicted octanol–water partition coefficient (Wildman–Crippen LogP) is 3.34. The fraction of sp³-hybridized carbons (Fsp3) is 0.0769. The van der Waals surface area contributed by atoms with Gasteiger partial charge in [-0.2, -0.15) is 0 Å². The molecule has 0 saturated heterocycles. The van der Waals surface area contributed by atoms with Crippen molar-refractivity contribution in [2.45, 2.75) is 6.92 Å². The summed E-state index contributed by atoms with van der Waals surface area (Å²) >= 11 is 5.70. The van der Waals surface area contributed by atoms with Crippen molar-refractivity contribution in [3.05, 3.63) is 62.7 Å². The Hall–Kier alpha value is -2.54. The van der Waals surface area contributed by atoms with Crippen molar-refractivity contribution in [1.82, 2.24) is 4.98 Å². The second kappa shape index (κ2) is 5.84. The lowest BCUT2D eigenvalue weighted by atomic mass is 10.1. The number of pyridine rings is 1. The molecule has 0 aliphatic heterocycles. The van der Waals surface area contributed by atoms with E-state index in [4.69, 9.17) is 11.6 Å². The molecule has 1 heterocycles. The van der Waals surface area contributed by atoms with Gasteiger partial charge in [0.25, 0.3) is 11.6 Å². The lowest BCUT2D eigenvalue weighted by Gasteiger charge is -2.08. The lowest BCUT2D eigenvalue weighted by Crippen LogP contribution is -2.15. The van der Waals surface area contributed by atoms with Crippen LogP contribution in [-0.2, 0) is 0 Å². The van der Waals surface area contributed by atoms with Gasteiger partial charge in [0, 0.05) is 0 Å². The molecule has 0 bridgehead atoms. The van der Waals surface area contributed by atoms with Crippen molar-refractivity contribution < 1.29 is 14.1 Å². The zero-order valence-electron chi connectivity index (χ0n) is 10.8. The average Bonchev–Trinajstić information content (AvgIpc) is 2.41. The maximum Gasteiger partial charge on any atom is 0.285 e. The number of halogens is 2. The maximum absolute atomic E-state index is 13.0. The topological polar surface area (TPSA) is 85.1 Å². The van der Waals surface area contributed by atoms with Crippen molar-refractivity contribution in [3.8, 4) is 0 Å². The Morgan fingerprint density at radius 2 is 2.10 bits per heavy atom. The number of aryl methyl sites for hydroxylation is 1. The summed E-state index contributed by atoms with van der Waals surface area (Å²) in [6.45, 7) is 1.63. The van der Waals surface area contributed by atoms with Crippen molar-refractivity contribution >= 4 is 28.9 Å². The molecule has 108 valence electrons. The van der Waals surface area contributed by atoms with Crippen LogP contribution in [0.25, 0.3) is 0 Å². The second-order valence-corrected chi connectivity index (χ2v) is 4.53. The largest absolute Gasteiger partial charge is 0.320 e. The molecule has 0 aliphatic rings. The van der Waals surface area contributed by atoms with Crippen LogP contribution < -0.4 is 5.32 Å². The van der Waals surface area contributed by atoms with Crippen LogP contribution >= 0.6 is 11.6 Å². The summed E-state index contributed by atoms with van der Waals surface area (Å²) in [6, 6.07) is 5.74. The summed E-state index contributed by atoms with van der Waals surface area (Å²) < 4.78 is 13.0. The van der Waals surface area contributed by atoms with Crippen LogP contribution in [0.2, 0.25) is 5.15 Å². The summed E-state index contributed by atoms with van der Waals surface area (Å²) in [5.41, 5.74) is -0.0218. The van der Waals surface area contributed by atoms with Crippen LogP contribution in [0.5, 0.6) is 0 Å². The molecular formula is C13H9ClFN3O3. The van der Waals surface area contributed by atoms with E-state index in [1.165, 1.54) is 12.1 Å². The van der Waals surface area contributed by atoms with Crippen LogP contribution in [0, 0.1) is 22.9 Å². The molecule has 0 atom stereocenters. The van der Waals surface area contributed by atoms with Gasteiger partial charge in [0.15, 0.2) is 0 Å². The van der Waals surface area contributed by atoms with Gasteiger partial charge in [0.2, 0.25) is 0 Å². The molecule has 0 saturated carbocycles. The minimum atomic E-state index is -0.815. The molecule has 6 nitrogen and oxygen atoms in total. The highest BCUT2D eigenvalue weighted by atomic mass is 35.5.